The molecule has 0 spiro atoms. The Labute approximate surface area is 193 Å². The van der Waals surface area contributed by atoms with Crippen molar-refractivity contribution in [1.29, 1.82) is 0 Å². The third kappa shape index (κ3) is 4.11. The number of ether oxygens (including phenoxy) is 4. The number of benzene rings is 3. The lowest BCUT2D eigenvalue weighted by molar-refractivity contribution is 0.0733. The highest BCUT2D eigenvalue weighted by Gasteiger charge is 2.30. The monoisotopic (exact) mass is 494 g/mol. The summed E-state index contributed by atoms with van der Waals surface area (Å²) in [6.45, 7) is 1.77. The Balaban J connectivity index is 1.65. The Bertz CT molecular complexity index is 1260. The number of methoxy groups -OCH3 is 2. The fraction of sp³-hybridized carbons (Fsp3) is 0.120. The molecule has 0 fully saturated rings. The summed E-state index contributed by atoms with van der Waals surface area (Å²) in [6.07, 6.45) is 1.61. The molecule has 7 heteroatoms. The number of Topliss-reactive ketones (excluding diaryl/α,β-unsaturated/α-hetero) is 1. The number of carbonyl (C=O) groups is 2. The van der Waals surface area contributed by atoms with Gasteiger partial charge in [0.15, 0.2) is 5.76 Å². The van der Waals surface area contributed by atoms with Crippen LogP contribution in [0.5, 0.6) is 23.0 Å². The van der Waals surface area contributed by atoms with E-state index in [-0.39, 0.29) is 17.3 Å². The van der Waals surface area contributed by atoms with Crippen LogP contribution in [0.2, 0.25) is 0 Å². The average Bonchev–Trinajstić information content (AvgIpc) is 3.09. The molecule has 3 aromatic carbocycles. The van der Waals surface area contributed by atoms with Crippen LogP contribution in [0.25, 0.3) is 6.08 Å². The van der Waals surface area contributed by atoms with Gasteiger partial charge in [0, 0.05) is 16.1 Å². The molecule has 1 aliphatic heterocycles. The van der Waals surface area contributed by atoms with Crippen molar-refractivity contribution in [3.05, 3.63) is 87.1 Å². The number of fused-ring (bicyclic) bond motifs is 1. The molecule has 32 heavy (non-hydrogen) atoms. The molecule has 0 radical (unpaired) electrons. The Morgan fingerprint density at radius 1 is 1.00 bits per heavy atom. The van der Waals surface area contributed by atoms with Crippen LogP contribution in [0.1, 0.15) is 31.8 Å². The molecule has 0 aliphatic carbocycles. The van der Waals surface area contributed by atoms with E-state index >= 15 is 0 Å². The first-order valence-electron chi connectivity index (χ1n) is 9.69. The van der Waals surface area contributed by atoms with E-state index in [0.717, 1.165) is 0 Å². The Kier molecular flexibility index (Phi) is 6.01. The molecule has 1 aliphatic rings. The summed E-state index contributed by atoms with van der Waals surface area (Å²) in [6, 6.07) is 15.4. The number of ketones is 1. The molecule has 0 saturated carbocycles. The van der Waals surface area contributed by atoms with Crippen molar-refractivity contribution in [2.45, 2.75) is 6.92 Å². The number of carbonyl (C=O) groups excluding carboxylic acids is 2. The second-order valence-corrected chi connectivity index (χ2v) is 7.88. The fourth-order valence-corrected chi connectivity index (χ4v) is 3.87. The van der Waals surface area contributed by atoms with Gasteiger partial charge < -0.3 is 18.9 Å². The second-order valence-electron chi connectivity index (χ2n) is 7.03. The molecule has 4 rings (SSSR count). The van der Waals surface area contributed by atoms with Crippen LogP contribution in [-0.4, -0.2) is 26.0 Å². The van der Waals surface area contributed by atoms with Crippen molar-refractivity contribution in [3.63, 3.8) is 0 Å². The number of allylic oxidation sites excluding steroid dienone is 1. The van der Waals surface area contributed by atoms with Crippen LogP contribution in [0.3, 0.4) is 0 Å². The summed E-state index contributed by atoms with van der Waals surface area (Å²) in [5.41, 5.74) is 2.11. The number of rotatable bonds is 5. The molecule has 6 nitrogen and oxygen atoms in total. The van der Waals surface area contributed by atoms with Gasteiger partial charge in [-0.15, -0.1) is 0 Å². The smallest absolute Gasteiger partial charge is 0.344 e. The van der Waals surface area contributed by atoms with Crippen molar-refractivity contribution < 1.29 is 28.5 Å². The van der Waals surface area contributed by atoms with Gasteiger partial charge in [-0.05, 0) is 70.9 Å². The molecular formula is C25H19BrO6. The third-order valence-electron chi connectivity index (χ3n) is 4.97. The van der Waals surface area contributed by atoms with Crippen LogP contribution < -0.4 is 18.9 Å². The van der Waals surface area contributed by atoms with E-state index in [0.29, 0.717) is 44.0 Å². The van der Waals surface area contributed by atoms with Gasteiger partial charge in [-0.25, -0.2) is 4.79 Å². The quantitative estimate of drug-likeness (QED) is 0.260. The number of hydrogen-bond donors (Lipinski definition) is 0. The van der Waals surface area contributed by atoms with Crippen LogP contribution in [-0.2, 0) is 0 Å². The van der Waals surface area contributed by atoms with Crippen molar-refractivity contribution in [1.82, 2.24) is 0 Å². The van der Waals surface area contributed by atoms with Gasteiger partial charge >= 0.3 is 5.97 Å². The summed E-state index contributed by atoms with van der Waals surface area (Å²) < 4.78 is 22.6. The van der Waals surface area contributed by atoms with Crippen LogP contribution in [0.15, 0.2) is 64.8 Å². The molecule has 3 aromatic rings. The fourth-order valence-electron chi connectivity index (χ4n) is 3.42. The van der Waals surface area contributed by atoms with Gasteiger partial charge in [-0.1, -0.05) is 12.1 Å². The van der Waals surface area contributed by atoms with Gasteiger partial charge in [-0.2, -0.15) is 0 Å². The normalized spacial score (nSPS) is 13.5. The molecule has 0 unspecified atom stereocenters. The maximum atomic E-state index is 13.0. The summed E-state index contributed by atoms with van der Waals surface area (Å²) in [5.74, 6) is 1.18. The second kappa shape index (κ2) is 8.88. The van der Waals surface area contributed by atoms with Crippen LogP contribution >= 0.6 is 15.9 Å². The van der Waals surface area contributed by atoms with Gasteiger partial charge in [0.2, 0.25) is 5.78 Å². The van der Waals surface area contributed by atoms with Crippen molar-refractivity contribution in [2.24, 2.45) is 0 Å². The maximum absolute atomic E-state index is 13.0. The lowest BCUT2D eigenvalue weighted by Gasteiger charge is -2.09. The van der Waals surface area contributed by atoms with Gasteiger partial charge in [0.1, 0.15) is 23.0 Å². The highest BCUT2D eigenvalue weighted by molar-refractivity contribution is 9.10. The van der Waals surface area contributed by atoms with E-state index in [1.54, 1.807) is 75.8 Å². The summed E-state index contributed by atoms with van der Waals surface area (Å²) >= 11 is 3.35. The lowest BCUT2D eigenvalue weighted by Crippen LogP contribution is -2.09. The molecule has 0 saturated heterocycles. The number of halogens is 1. The molecule has 162 valence electrons. The average molecular weight is 495 g/mol. The first-order chi connectivity index (χ1) is 15.4. The number of aryl methyl sites for hydroxylation is 1. The van der Waals surface area contributed by atoms with Gasteiger partial charge in [0.25, 0.3) is 0 Å². The van der Waals surface area contributed by atoms with Gasteiger partial charge in [-0.3, -0.25) is 4.79 Å². The van der Waals surface area contributed by atoms with Crippen molar-refractivity contribution in [3.8, 4) is 23.0 Å². The van der Waals surface area contributed by atoms with E-state index in [1.807, 2.05) is 6.07 Å². The Morgan fingerprint density at radius 3 is 2.50 bits per heavy atom. The first-order valence-corrected chi connectivity index (χ1v) is 10.5. The number of esters is 1. The minimum absolute atomic E-state index is 0.143. The van der Waals surface area contributed by atoms with Crippen molar-refractivity contribution in [2.75, 3.05) is 14.2 Å². The predicted octanol–water partition coefficient (Wildman–Crippen LogP) is 5.61. The minimum Gasteiger partial charge on any atom is -0.497 e. The molecule has 0 aromatic heterocycles. The standard InChI is InChI=1S/C25H19BrO6/c1-14-10-17(31-25(28)18-6-4-5-7-19(18)26)13-21-23(14)24(27)22(32-21)12-15-11-16(29-2)8-9-20(15)30-3/h4-13H,1-3H3/b22-12-. The molecule has 0 N–H and O–H groups in total. The minimum atomic E-state index is -0.516. The van der Waals surface area contributed by atoms with E-state index in [9.17, 15) is 9.59 Å². The highest BCUT2D eigenvalue weighted by Crippen LogP contribution is 2.38. The zero-order valence-electron chi connectivity index (χ0n) is 17.6. The van der Waals surface area contributed by atoms with E-state index in [1.165, 1.54) is 0 Å². The topological polar surface area (TPSA) is 71.1 Å². The molecule has 0 amide bonds. The zero-order valence-corrected chi connectivity index (χ0v) is 19.2. The third-order valence-corrected chi connectivity index (χ3v) is 5.66. The van der Waals surface area contributed by atoms with E-state index < -0.39 is 5.97 Å². The lowest BCUT2D eigenvalue weighted by atomic mass is 10.0. The largest absolute Gasteiger partial charge is 0.497 e. The van der Waals surface area contributed by atoms with E-state index in [2.05, 4.69) is 15.9 Å². The SMILES string of the molecule is COc1ccc(OC)c(/C=C2\Oc3cc(OC(=O)c4ccccc4Br)cc(C)c3C2=O)c1. The van der Waals surface area contributed by atoms with Crippen LogP contribution in [0.4, 0.5) is 0 Å². The summed E-state index contributed by atoms with van der Waals surface area (Å²) in [7, 11) is 3.11. The maximum Gasteiger partial charge on any atom is 0.344 e. The number of hydrogen-bond acceptors (Lipinski definition) is 6. The van der Waals surface area contributed by atoms with E-state index in [4.69, 9.17) is 18.9 Å². The van der Waals surface area contributed by atoms with Crippen LogP contribution in [0, 0.1) is 6.92 Å². The first kappa shape index (κ1) is 21.6. The van der Waals surface area contributed by atoms with Gasteiger partial charge in [0.05, 0.1) is 25.3 Å². The zero-order chi connectivity index (χ0) is 22.8. The summed E-state index contributed by atoms with van der Waals surface area (Å²) in [5, 5.41) is 0. The predicted molar refractivity (Wildman–Crippen MR) is 123 cm³/mol. The Hall–Kier alpha value is -3.58. The summed E-state index contributed by atoms with van der Waals surface area (Å²) in [4.78, 5) is 25.5. The molecule has 0 bridgehead atoms. The molecule has 1 heterocycles. The molecule has 0 atom stereocenters. The molecular weight excluding hydrogens is 476 g/mol. The van der Waals surface area contributed by atoms with Crippen molar-refractivity contribution >= 4 is 33.8 Å². The Morgan fingerprint density at radius 2 is 1.78 bits per heavy atom. The highest BCUT2D eigenvalue weighted by atomic mass is 79.9.